The lowest BCUT2D eigenvalue weighted by Gasteiger charge is -2.13. The van der Waals surface area contributed by atoms with Crippen LogP contribution in [0.15, 0.2) is 60.8 Å². The Morgan fingerprint density at radius 1 is 1.00 bits per heavy atom. The van der Waals surface area contributed by atoms with Crippen molar-refractivity contribution in [2.75, 3.05) is 13.2 Å². The smallest absolute Gasteiger partial charge is 0.251 e. The highest BCUT2D eigenvalue weighted by molar-refractivity contribution is 5.94. The Hall–Kier alpha value is -3.87. The summed E-state index contributed by atoms with van der Waals surface area (Å²) in [5.74, 6) is 1.72. The highest BCUT2D eigenvalue weighted by Crippen LogP contribution is 2.28. The molecule has 0 spiro atoms. The largest absolute Gasteiger partial charge is 0.490 e. The molecule has 4 rings (SSSR count). The third-order valence-corrected chi connectivity index (χ3v) is 5.26. The number of aromatic nitrogens is 3. The second-order valence-corrected chi connectivity index (χ2v) is 7.66. The molecule has 0 saturated carbocycles. The molecule has 33 heavy (non-hydrogen) atoms. The van der Waals surface area contributed by atoms with Crippen LogP contribution in [0.4, 0.5) is 0 Å². The molecule has 7 heteroatoms. The monoisotopic (exact) mass is 444 g/mol. The predicted molar refractivity (Wildman–Crippen MR) is 128 cm³/mol. The third-order valence-electron chi connectivity index (χ3n) is 5.26. The zero-order valence-corrected chi connectivity index (χ0v) is 19.2. The van der Waals surface area contributed by atoms with Crippen molar-refractivity contribution in [3.63, 3.8) is 0 Å². The average molecular weight is 445 g/mol. The number of carbonyl (C=O) groups is 1. The van der Waals surface area contributed by atoms with Crippen LogP contribution in [0.2, 0.25) is 0 Å². The van der Waals surface area contributed by atoms with Crippen LogP contribution in [0, 0.1) is 6.92 Å². The average Bonchev–Trinajstić information content (AvgIpc) is 3.17. The number of pyridine rings is 1. The van der Waals surface area contributed by atoms with Crippen molar-refractivity contribution in [1.29, 1.82) is 0 Å². The fraction of sp³-hybridized carbons (Fsp3) is 0.269. The number of rotatable bonds is 9. The Morgan fingerprint density at radius 3 is 2.52 bits per heavy atom. The zero-order valence-electron chi connectivity index (χ0n) is 19.2. The summed E-state index contributed by atoms with van der Waals surface area (Å²) in [6.45, 7) is 7.78. The molecular weight excluding hydrogens is 416 g/mol. The maximum absolute atomic E-state index is 12.9. The van der Waals surface area contributed by atoms with Gasteiger partial charge >= 0.3 is 0 Å². The van der Waals surface area contributed by atoms with Gasteiger partial charge in [0.25, 0.3) is 5.91 Å². The summed E-state index contributed by atoms with van der Waals surface area (Å²) in [6.07, 6.45) is 1.76. The van der Waals surface area contributed by atoms with Gasteiger partial charge in [0, 0.05) is 11.8 Å². The Kier molecular flexibility index (Phi) is 6.88. The molecule has 0 saturated heterocycles. The lowest BCUT2D eigenvalue weighted by molar-refractivity contribution is 0.0949. The number of imidazole rings is 1. The van der Waals surface area contributed by atoms with E-state index >= 15 is 0 Å². The Bertz CT molecular complexity index is 1250. The molecule has 4 aromatic rings. The van der Waals surface area contributed by atoms with Crippen molar-refractivity contribution in [3.8, 4) is 11.5 Å². The van der Waals surface area contributed by atoms with E-state index in [1.165, 1.54) is 5.56 Å². The number of hydrogen-bond donors (Lipinski definition) is 1. The minimum Gasteiger partial charge on any atom is -0.490 e. The lowest BCUT2D eigenvalue weighted by atomic mass is 10.1. The molecule has 1 N–H and O–H groups in total. The molecule has 0 aliphatic rings. The van der Waals surface area contributed by atoms with Crippen LogP contribution in [0.1, 0.15) is 41.2 Å². The molecule has 0 aliphatic carbocycles. The molecule has 2 aromatic heterocycles. The van der Waals surface area contributed by atoms with E-state index in [4.69, 9.17) is 14.5 Å². The molecule has 2 aromatic carbocycles. The highest BCUT2D eigenvalue weighted by Gasteiger charge is 2.15. The second kappa shape index (κ2) is 10.2. The van der Waals surface area contributed by atoms with Crippen LogP contribution in [0.5, 0.6) is 11.5 Å². The minimum absolute atomic E-state index is 0.207. The first kappa shape index (κ1) is 22.3. The SMILES string of the molecule is CCOc1ccc(C(=O)NCc2nc3cccnc3n2Cc2ccc(C)cc2)cc1OCC. The molecule has 1 amide bonds. The van der Waals surface area contributed by atoms with Crippen LogP contribution in [0.25, 0.3) is 11.2 Å². The van der Waals surface area contributed by atoms with E-state index in [0.29, 0.717) is 36.8 Å². The summed E-state index contributed by atoms with van der Waals surface area (Å²) in [5.41, 5.74) is 4.45. The van der Waals surface area contributed by atoms with E-state index in [1.54, 1.807) is 24.4 Å². The van der Waals surface area contributed by atoms with Gasteiger partial charge in [-0.3, -0.25) is 4.79 Å². The Balaban J connectivity index is 1.56. The molecule has 0 aliphatic heterocycles. The molecule has 7 nitrogen and oxygen atoms in total. The van der Waals surface area contributed by atoms with Crippen molar-refractivity contribution >= 4 is 17.1 Å². The number of benzene rings is 2. The van der Waals surface area contributed by atoms with Gasteiger partial charge in [0.1, 0.15) is 11.3 Å². The van der Waals surface area contributed by atoms with Gasteiger partial charge in [0.15, 0.2) is 17.1 Å². The van der Waals surface area contributed by atoms with E-state index in [9.17, 15) is 4.79 Å². The minimum atomic E-state index is -0.207. The van der Waals surface area contributed by atoms with Gasteiger partial charge in [-0.25, -0.2) is 9.97 Å². The fourth-order valence-corrected chi connectivity index (χ4v) is 3.64. The van der Waals surface area contributed by atoms with Crippen LogP contribution in [-0.4, -0.2) is 33.7 Å². The summed E-state index contributed by atoms with van der Waals surface area (Å²) in [5, 5.41) is 2.99. The summed E-state index contributed by atoms with van der Waals surface area (Å²) in [7, 11) is 0. The molecule has 0 fully saturated rings. The van der Waals surface area contributed by atoms with E-state index in [1.807, 2.05) is 30.5 Å². The number of fused-ring (bicyclic) bond motifs is 1. The van der Waals surface area contributed by atoms with Crippen LogP contribution < -0.4 is 14.8 Å². The van der Waals surface area contributed by atoms with Crippen LogP contribution in [-0.2, 0) is 13.1 Å². The maximum Gasteiger partial charge on any atom is 0.251 e. The number of carbonyl (C=O) groups excluding carboxylic acids is 1. The maximum atomic E-state index is 12.9. The summed E-state index contributed by atoms with van der Waals surface area (Å²) < 4.78 is 13.3. The number of ether oxygens (including phenoxy) is 2. The van der Waals surface area contributed by atoms with Gasteiger partial charge in [-0.2, -0.15) is 0 Å². The van der Waals surface area contributed by atoms with Gasteiger partial charge in [0.05, 0.1) is 26.3 Å². The second-order valence-electron chi connectivity index (χ2n) is 7.66. The normalized spacial score (nSPS) is 10.9. The zero-order chi connectivity index (χ0) is 23.2. The number of amides is 1. The number of nitrogens with one attached hydrogen (secondary N) is 1. The van der Waals surface area contributed by atoms with Crippen molar-refractivity contribution in [2.24, 2.45) is 0 Å². The topological polar surface area (TPSA) is 78.3 Å². The Morgan fingerprint density at radius 2 is 1.76 bits per heavy atom. The van der Waals surface area contributed by atoms with Crippen molar-refractivity contribution in [2.45, 2.75) is 33.9 Å². The number of nitrogens with zero attached hydrogens (tertiary/aromatic N) is 3. The van der Waals surface area contributed by atoms with Gasteiger partial charge in [0.2, 0.25) is 0 Å². The van der Waals surface area contributed by atoms with Gasteiger partial charge in [-0.15, -0.1) is 0 Å². The predicted octanol–water partition coefficient (Wildman–Crippen LogP) is 4.52. The molecule has 0 atom stereocenters. The Labute approximate surface area is 193 Å². The van der Waals surface area contributed by atoms with Crippen molar-refractivity contribution in [3.05, 3.63) is 83.3 Å². The van der Waals surface area contributed by atoms with Crippen LogP contribution >= 0.6 is 0 Å². The summed E-state index contributed by atoms with van der Waals surface area (Å²) in [6, 6.07) is 17.4. The number of hydrogen-bond acceptors (Lipinski definition) is 5. The molecule has 0 unspecified atom stereocenters. The standard InChI is InChI=1S/C26H28N4O3/c1-4-32-22-13-12-20(15-23(22)33-5-2)26(31)28-16-24-29-21-7-6-14-27-25(21)30(24)17-19-10-8-18(3)9-11-19/h6-15H,4-5,16-17H2,1-3H3,(H,28,31). The summed E-state index contributed by atoms with van der Waals surface area (Å²) in [4.78, 5) is 22.1. The van der Waals surface area contributed by atoms with Crippen molar-refractivity contribution < 1.29 is 14.3 Å². The van der Waals surface area contributed by atoms with E-state index in [2.05, 4.69) is 41.5 Å². The van der Waals surface area contributed by atoms with E-state index < -0.39 is 0 Å². The molecular formula is C26H28N4O3. The van der Waals surface area contributed by atoms with Gasteiger partial charge < -0.3 is 19.4 Å². The van der Waals surface area contributed by atoms with E-state index in [-0.39, 0.29) is 12.5 Å². The summed E-state index contributed by atoms with van der Waals surface area (Å²) >= 11 is 0. The van der Waals surface area contributed by atoms with E-state index in [0.717, 1.165) is 22.6 Å². The number of aryl methyl sites for hydroxylation is 1. The molecule has 170 valence electrons. The molecule has 0 radical (unpaired) electrons. The third kappa shape index (κ3) is 5.14. The van der Waals surface area contributed by atoms with Crippen LogP contribution in [0.3, 0.4) is 0 Å². The quantitative estimate of drug-likeness (QED) is 0.411. The fourth-order valence-electron chi connectivity index (χ4n) is 3.64. The first-order valence-electron chi connectivity index (χ1n) is 11.1. The van der Waals surface area contributed by atoms with Crippen molar-refractivity contribution in [1.82, 2.24) is 19.9 Å². The first-order chi connectivity index (χ1) is 16.1. The highest BCUT2D eigenvalue weighted by atomic mass is 16.5. The lowest BCUT2D eigenvalue weighted by Crippen LogP contribution is -2.25. The van der Waals surface area contributed by atoms with Gasteiger partial charge in [-0.1, -0.05) is 29.8 Å². The van der Waals surface area contributed by atoms with Gasteiger partial charge in [-0.05, 0) is 56.7 Å². The first-order valence-corrected chi connectivity index (χ1v) is 11.1. The molecule has 0 bridgehead atoms. The molecule has 2 heterocycles.